The van der Waals surface area contributed by atoms with E-state index >= 15 is 0 Å². The van der Waals surface area contributed by atoms with E-state index < -0.39 is 17.5 Å². The molecule has 11 heteroatoms. The molecule has 8 nitrogen and oxygen atoms in total. The molecule has 4 heterocycles. The molecule has 0 radical (unpaired) electrons. The highest BCUT2D eigenvalue weighted by atomic mass is 35.5. The number of hydrogen-bond acceptors (Lipinski definition) is 7. The molecule has 1 aliphatic rings. The molecule has 3 aromatic heterocycles. The van der Waals surface area contributed by atoms with E-state index in [-0.39, 0.29) is 12.4 Å². The summed E-state index contributed by atoms with van der Waals surface area (Å²) in [5.74, 6) is 0.342. The highest BCUT2D eigenvalue weighted by Crippen LogP contribution is 2.36. The monoisotopic (exact) mass is 516 g/mol. The summed E-state index contributed by atoms with van der Waals surface area (Å²) in [5, 5.41) is 18.1. The Kier molecular flexibility index (Phi) is 6.27. The second-order valence-corrected chi connectivity index (χ2v) is 9.59. The van der Waals surface area contributed by atoms with Crippen LogP contribution in [0.4, 0.5) is 10.2 Å². The van der Waals surface area contributed by atoms with Crippen molar-refractivity contribution in [2.75, 3.05) is 24.6 Å². The fourth-order valence-electron chi connectivity index (χ4n) is 4.40. The maximum absolute atomic E-state index is 15.0. The molecular weight excluding hydrogens is 494 g/mol. The SMILES string of the molecule is C[C@@H](Oc1ccc2[nH]nc(-c3cnc(N4CC(N)(CCO)C4)c(F)c3)c2c1)c1c(Cl)cncc1Cl. The number of aliphatic hydroxyl groups is 1. The summed E-state index contributed by atoms with van der Waals surface area (Å²) in [7, 11) is 0. The number of ether oxygens (including phenoxy) is 1. The van der Waals surface area contributed by atoms with Gasteiger partial charge < -0.3 is 20.5 Å². The first-order chi connectivity index (χ1) is 16.8. The fourth-order valence-corrected chi connectivity index (χ4v) is 5.07. The lowest BCUT2D eigenvalue weighted by Crippen LogP contribution is -2.68. The Labute approximate surface area is 210 Å². The van der Waals surface area contributed by atoms with Crippen LogP contribution in [0.15, 0.2) is 42.9 Å². The molecule has 0 spiro atoms. The standard InChI is InChI=1S/C24H23Cl2FN6O2/c1-13(21-17(25)9-29-10-18(21)26)35-15-2-3-20-16(7-15)22(32-31-20)14-6-19(27)23(30-8-14)33-11-24(28,12-33)4-5-34/h2-3,6-10,13,34H,4-5,11-12,28H2,1H3,(H,31,32)/t13-/m1/s1. The van der Waals surface area contributed by atoms with Gasteiger partial charge in [0.25, 0.3) is 0 Å². The number of fused-ring (bicyclic) bond motifs is 1. The number of benzene rings is 1. The number of aromatic amines is 1. The quantitative estimate of drug-likeness (QED) is 0.331. The van der Waals surface area contributed by atoms with Gasteiger partial charge in [0.2, 0.25) is 0 Å². The molecule has 5 rings (SSSR count). The Morgan fingerprint density at radius 3 is 2.66 bits per heavy atom. The van der Waals surface area contributed by atoms with E-state index in [4.69, 9.17) is 38.8 Å². The van der Waals surface area contributed by atoms with Crippen LogP contribution in [0, 0.1) is 5.82 Å². The zero-order valence-electron chi connectivity index (χ0n) is 18.8. The second-order valence-electron chi connectivity index (χ2n) is 8.78. The topological polar surface area (TPSA) is 113 Å². The smallest absolute Gasteiger partial charge is 0.166 e. The number of hydrogen-bond donors (Lipinski definition) is 3. The molecule has 35 heavy (non-hydrogen) atoms. The van der Waals surface area contributed by atoms with Crippen LogP contribution >= 0.6 is 23.2 Å². The van der Waals surface area contributed by atoms with Gasteiger partial charge >= 0.3 is 0 Å². The Hall–Kier alpha value is -2.98. The van der Waals surface area contributed by atoms with E-state index in [1.165, 1.54) is 18.5 Å². The van der Waals surface area contributed by atoms with Crippen LogP contribution in [0.2, 0.25) is 10.0 Å². The molecular formula is C24H23Cl2FN6O2. The van der Waals surface area contributed by atoms with Gasteiger partial charge in [-0.2, -0.15) is 5.10 Å². The molecule has 4 N–H and O–H groups in total. The number of aromatic nitrogens is 4. The van der Waals surface area contributed by atoms with E-state index in [1.54, 1.807) is 17.2 Å². The lowest BCUT2D eigenvalue weighted by molar-refractivity contribution is 0.211. The maximum atomic E-state index is 15.0. The van der Waals surface area contributed by atoms with Crippen molar-refractivity contribution in [2.24, 2.45) is 5.73 Å². The zero-order chi connectivity index (χ0) is 24.7. The van der Waals surface area contributed by atoms with Crippen molar-refractivity contribution in [3.05, 3.63) is 64.3 Å². The fraction of sp³-hybridized carbons (Fsp3) is 0.292. The van der Waals surface area contributed by atoms with Crippen molar-refractivity contribution in [1.82, 2.24) is 20.2 Å². The van der Waals surface area contributed by atoms with Crippen molar-refractivity contribution in [2.45, 2.75) is 25.0 Å². The first kappa shape index (κ1) is 23.7. The molecule has 0 saturated carbocycles. The number of nitrogens with zero attached hydrogens (tertiary/aromatic N) is 4. The van der Waals surface area contributed by atoms with Gasteiger partial charge in [-0.25, -0.2) is 9.37 Å². The summed E-state index contributed by atoms with van der Waals surface area (Å²) in [6, 6.07) is 6.88. The minimum Gasteiger partial charge on any atom is -0.486 e. The van der Waals surface area contributed by atoms with Gasteiger partial charge in [0, 0.05) is 54.8 Å². The van der Waals surface area contributed by atoms with E-state index in [2.05, 4.69) is 20.2 Å². The largest absolute Gasteiger partial charge is 0.486 e. The normalized spacial score (nSPS) is 15.8. The predicted molar refractivity (Wildman–Crippen MR) is 133 cm³/mol. The summed E-state index contributed by atoms with van der Waals surface area (Å²) in [6.07, 6.45) is 4.66. The first-order valence-corrected chi connectivity index (χ1v) is 11.8. The lowest BCUT2D eigenvalue weighted by Gasteiger charge is -2.48. The summed E-state index contributed by atoms with van der Waals surface area (Å²) in [5.41, 5.74) is 8.14. The number of H-pyrrole nitrogens is 1. The van der Waals surface area contributed by atoms with Gasteiger partial charge in [0.1, 0.15) is 17.5 Å². The molecule has 4 aromatic rings. The molecule has 1 atom stereocenters. The Balaban J connectivity index is 1.40. The number of aliphatic hydroxyl groups excluding tert-OH is 1. The van der Waals surface area contributed by atoms with Crippen molar-refractivity contribution >= 4 is 39.9 Å². The highest BCUT2D eigenvalue weighted by molar-refractivity contribution is 6.35. The molecule has 182 valence electrons. The number of nitrogens with two attached hydrogens (primary N) is 1. The van der Waals surface area contributed by atoms with Gasteiger partial charge in [-0.15, -0.1) is 0 Å². The van der Waals surface area contributed by atoms with Crippen molar-refractivity contribution in [3.8, 4) is 17.0 Å². The molecule has 0 bridgehead atoms. The Morgan fingerprint density at radius 1 is 1.23 bits per heavy atom. The van der Waals surface area contributed by atoms with Crippen LogP contribution in [0.1, 0.15) is 25.0 Å². The third kappa shape index (κ3) is 4.52. The second kappa shape index (κ2) is 9.23. The van der Waals surface area contributed by atoms with Crippen molar-refractivity contribution < 1.29 is 14.2 Å². The number of nitrogens with one attached hydrogen (secondary N) is 1. The minimum absolute atomic E-state index is 0.00145. The van der Waals surface area contributed by atoms with Gasteiger partial charge in [-0.05, 0) is 37.6 Å². The van der Waals surface area contributed by atoms with Gasteiger partial charge in [0.15, 0.2) is 11.6 Å². The molecule has 1 aliphatic heterocycles. The van der Waals surface area contributed by atoms with E-state index in [0.717, 1.165) is 10.9 Å². The van der Waals surface area contributed by atoms with E-state index in [1.807, 2.05) is 19.1 Å². The third-order valence-electron chi connectivity index (χ3n) is 6.16. The number of anilines is 1. The third-order valence-corrected chi connectivity index (χ3v) is 6.76. The van der Waals surface area contributed by atoms with Crippen molar-refractivity contribution in [3.63, 3.8) is 0 Å². The van der Waals surface area contributed by atoms with Crippen LogP contribution in [0.25, 0.3) is 22.2 Å². The maximum Gasteiger partial charge on any atom is 0.166 e. The van der Waals surface area contributed by atoms with Crippen LogP contribution in [0.5, 0.6) is 5.75 Å². The van der Waals surface area contributed by atoms with Crippen LogP contribution in [-0.2, 0) is 0 Å². The van der Waals surface area contributed by atoms with Crippen LogP contribution in [0.3, 0.4) is 0 Å². The van der Waals surface area contributed by atoms with Gasteiger partial charge in [-0.3, -0.25) is 10.1 Å². The summed E-state index contributed by atoms with van der Waals surface area (Å²) < 4.78 is 21.1. The van der Waals surface area contributed by atoms with Gasteiger partial charge in [0.05, 0.1) is 21.1 Å². The molecule has 1 aromatic carbocycles. The zero-order valence-corrected chi connectivity index (χ0v) is 20.3. The first-order valence-electron chi connectivity index (χ1n) is 11.0. The number of pyridine rings is 2. The van der Waals surface area contributed by atoms with Gasteiger partial charge in [-0.1, -0.05) is 23.2 Å². The summed E-state index contributed by atoms with van der Waals surface area (Å²) >= 11 is 12.5. The average Bonchev–Trinajstić information content (AvgIpc) is 3.21. The number of rotatable bonds is 7. The lowest BCUT2D eigenvalue weighted by atomic mass is 9.88. The van der Waals surface area contributed by atoms with Crippen molar-refractivity contribution in [1.29, 1.82) is 0 Å². The predicted octanol–water partition coefficient (Wildman–Crippen LogP) is 4.51. The highest BCUT2D eigenvalue weighted by Gasteiger charge is 2.40. The van der Waals surface area contributed by atoms with Crippen LogP contribution in [-0.4, -0.2) is 50.5 Å². The molecule has 1 fully saturated rings. The van der Waals surface area contributed by atoms with E-state index in [0.29, 0.717) is 52.1 Å². The number of halogens is 3. The summed E-state index contributed by atoms with van der Waals surface area (Å²) in [6.45, 7) is 2.72. The molecule has 0 unspecified atom stereocenters. The Bertz CT molecular complexity index is 1370. The minimum atomic E-state index is -0.516. The van der Waals surface area contributed by atoms with Crippen LogP contribution < -0.4 is 15.4 Å². The van der Waals surface area contributed by atoms with E-state index in [9.17, 15) is 4.39 Å². The average molecular weight is 517 g/mol. The molecule has 0 amide bonds. The summed E-state index contributed by atoms with van der Waals surface area (Å²) in [4.78, 5) is 10.1. The molecule has 0 aliphatic carbocycles. The molecule has 1 saturated heterocycles. The Morgan fingerprint density at radius 2 is 1.97 bits per heavy atom.